The van der Waals surface area contributed by atoms with E-state index < -0.39 is 11.9 Å². The number of carbonyl (C=O) groups is 2. The molecule has 190 valence electrons. The van der Waals surface area contributed by atoms with Crippen molar-refractivity contribution in [2.75, 3.05) is 13.2 Å². The van der Waals surface area contributed by atoms with Gasteiger partial charge in [0, 0.05) is 23.4 Å². The molecule has 0 saturated carbocycles. The summed E-state index contributed by atoms with van der Waals surface area (Å²) < 4.78 is 16.9. The van der Waals surface area contributed by atoms with Gasteiger partial charge in [-0.15, -0.1) is 0 Å². The van der Waals surface area contributed by atoms with Crippen LogP contribution in [0.25, 0.3) is 5.76 Å². The van der Waals surface area contributed by atoms with Crippen molar-refractivity contribution in [3.05, 3.63) is 102 Å². The molecule has 3 aromatic rings. The molecule has 0 aliphatic rings. The molecular formula is C29H29N3O5. The highest BCUT2D eigenvalue weighted by Crippen LogP contribution is 2.28. The van der Waals surface area contributed by atoms with Crippen LogP contribution in [-0.2, 0) is 25.7 Å². The number of amides is 1. The topological polar surface area (TPSA) is 110 Å². The number of nitrogens with one attached hydrogen (secondary N) is 2. The molecule has 0 bridgehead atoms. The summed E-state index contributed by atoms with van der Waals surface area (Å²) in [4.78, 5) is 28.5. The smallest absolute Gasteiger partial charge is 0.325 e. The van der Waals surface area contributed by atoms with Crippen molar-refractivity contribution in [3.63, 3.8) is 0 Å². The SMILES string of the molecule is CCOC(=O)CNC(=O)C=C(OCc1ccccc1)c1ccc(Oc2ccccc2)cc1C=NC(C)=N. The molecule has 0 saturated heterocycles. The third-order valence-corrected chi connectivity index (χ3v) is 4.88. The first-order valence-corrected chi connectivity index (χ1v) is 11.7. The van der Waals surface area contributed by atoms with Gasteiger partial charge in [0.2, 0.25) is 5.91 Å². The Labute approximate surface area is 216 Å². The number of nitrogens with zero attached hydrogens (tertiary/aromatic N) is 1. The van der Waals surface area contributed by atoms with E-state index in [-0.39, 0.29) is 31.4 Å². The molecule has 0 radical (unpaired) electrons. The number of esters is 1. The standard InChI is InChI=1S/C29H29N3O5/c1-3-35-29(34)19-32-28(33)17-27(36-20-22-10-6-4-7-11-22)26-15-14-25(16-23(26)18-31-21(2)30)37-24-12-8-5-9-13-24/h4-18,30H,3,19-20H2,1-2H3,(H,32,33). The fourth-order valence-electron chi connectivity index (χ4n) is 3.20. The summed E-state index contributed by atoms with van der Waals surface area (Å²) in [5.74, 6) is 0.535. The minimum Gasteiger partial charge on any atom is -0.488 e. The van der Waals surface area contributed by atoms with Crippen LogP contribution < -0.4 is 10.1 Å². The normalized spacial score (nSPS) is 11.1. The van der Waals surface area contributed by atoms with Gasteiger partial charge in [0.1, 0.15) is 36.2 Å². The molecule has 3 rings (SSSR count). The molecule has 0 heterocycles. The molecule has 0 aliphatic heterocycles. The maximum Gasteiger partial charge on any atom is 0.325 e. The van der Waals surface area contributed by atoms with E-state index in [4.69, 9.17) is 19.6 Å². The van der Waals surface area contributed by atoms with Crippen LogP contribution in [0.1, 0.15) is 30.5 Å². The first kappa shape index (κ1) is 26.9. The molecule has 37 heavy (non-hydrogen) atoms. The first-order chi connectivity index (χ1) is 17.9. The Hall–Kier alpha value is -4.72. The fourth-order valence-corrected chi connectivity index (χ4v) is 3.20. The second kappa shape index (κ2) is 14.0. The van der Waals surface area contributed by atoms with E-state index in [2.05, 4.69) is 10.3 Å². The number of hydrogen-bond acceptors (Lipinski definition) is 6. The highest BCUT2D eigenvalue weighted by atomic mass is 16.5. The summed E-state index contributed by atoms with van der Waals surface area (Å²) >= 11 is 0. The van der Waals surface area contributed by atoms with Crippen molar-refractivity contribution in [1.82, 2.24) is 5.32 Å². The average Bonchev–Trinajstić information content (AvgIpc) is 2.90. The van der Waals surface area contributed by atoms with Crippen LogP contribution in [0.3, 0.4) is 0 Å². The van der Waals surface area contributed by atoms with E-state index >= 15 is 0 Å². The molecule has 8 nitrogen and oxygen atoms in total. The molecule has 3 aromatic carbocycles. The van der Waals surface area contributed by atoms with Crippen molar-refractivity contribution >= 4 is 29.7 Å². The zero-order valence-corrected chi connectivity index (χ0v) is 20.8. The predicted molar refractivity (Wildman–Crippen MR) is 143 cm³/mol. The van der Waals surface area contributed by atoms with Crippen LogP contribution in [0.2, 0.25) is 0 Å². The number of ether oxygens (including phenoxy) is 3. The second-order valence-electron chi connectivity index (χ2n) is 7.81. The molecule has 0 atom stereocenters. The quantitative estimate of drug-likeness (QED) is 0.125. The maximum absolute atomic E-state index is 12.7. The monoisotopic (exact) mass is 499 g/mol. The first-order valence-electron chi connectivity index (χ1n) is 11.7. The highest BCUT2D eigenvalue weighted by Gasteiger charge is 2.14. The van der Waals surface area contributed by atoms with E-state index in [0.717, 1.165) is 5.56 Å². The van der Waals surface area contributed by atoms with Crippen molar-refractivity contribution in [1.29, 1.82) is 5.41 Å². The number of aliphatic imine (C=N–C) groups is 1. The predicted octanol–water partition coefficient (Wildman–Crippen LogP) is 5.13. The Kier molecular flexibility index (Phi) is 10.2. The molecule has 0 unspecified atom stereocenters. The largest absolute Gasteiger partial charge is 0.488 e. The van der Waals surface area contributed by atoms with Crippen LogP contribution in [0, 0.1) is 5.41 Å². The van der Waals surface area contributed by atoms with Gasteiger partial charge in [-0.2, -0.15) is 0 Å². The fraction of sp³-hybridized carbons (Fsp3) is 0.172. The second-order valence-corrected chi connectivity index (χ2v) is 7.81. The van der Waals surface area contributed by atoms with Crippen LogP contribution in [0.4, 0.5) is 0 Å². The number of para-hydroxylation sites is 1. The number of carbonyl (C=O) groups excluding carboxylic acids is 2. The summed E-state index contributed by atoms with van der Waals surface area (Å²) in [6, 6.07) is 24.1. The average molecular weight is 500 g/mol. The van der Waals surface area contributed by atoms with E-state index in [0.29, 0.717) is 22.6 Å². The van der Waals surface area contributed by atoms with Gasteiger partial charge < -0.3 is 19.5 Å². The van der Waals surface area contributed by atoms with Gasteiger partial charge in [-0.1, -0.05) is 48.5 Å². The lowest BCUT2D eigenvalue weighted by Gasteiger charge is -2.15. The minimum absolute atomic E-state index is 0.114. The Morgan fingerprint density at radius 1 is 0.946 bits per heavy atom. The highest BCUT2D eigenvalue weighted by molar-refractivity contribution is 5.99. The van der Waals surface area contributed by atoms with Crippen molar-refractivity contribution in [3.8, 4) is 11.5 Å². The lowest BCUT2D eigenvalue weighted by molar-refractivity contribution is -0.143. The van der Waals surface area contributed by atoms with Crippen LogP contribution >= 0.6 is 0 Å². The lowest BCUT2D eigenvalue weighted by Crippen LogP contribution is -2.29. The van der Waals surface area contributed by atoms with Crippen LogP contribution in [-0.4, -0.2) is 37.1 Å². The summed E-state index contributed by atoms with van der Waals surface area (Å²) in [7, 11) is 0. The molecule has 8 heteroatoms. The molecule has 0 aliphatic carbocycles. The van der Waals surface area contributed by atoms with Gasteiger partial charge in [-0.05, 0) is 49.7 Å². The van der Waals surface area contributed by atoms with E-state index in [1.54, 1.807) is 32.0 Å². The summed E-state index contributed by atoms with van der Waals surface area (Å²) in [6.07, 6.45) is 2.80. The van der Waals surface area contributed by atoms with Crippen molar-refractivity contribution in [2.24, 2.45) is 4.99 Å². The summed E-state index contributed by atoms with van der Waals surface area (Å²) in [5.41, 5.74) is 2.06. The summed E-state index contributed by atoms with van der Waals surface area (Å²) in [6.45, 7) is 3.43. The van der Waals surface area contributed by atoms with Crippen LogP contribution in [0.5, 0.6) is 11.5 Å². The minimum atomic E-state index is -0.535. The van der Waals surface area contributed by atoms with Gasteiger partial charge >= 0.3 is 5.97 Å². The third kappa shape index (κ3) is 9.10. The van der Waals surface area contributed by atoms with Gasteiger partial charge in [0.25, 0.3) is 0 Å². The van der Waals surface area contributed by atoms with E-state index in [1.807, 2.05) is 60.7 Å². The van der Waals surface area contributed by atoms with Gasteiger partial charge in [0.05, 0.1) is 6.61 Å². The zero-order chi connectivity index (χ0) is 26.5. The molecule has 0 aromatic heterocycles. The summed E-state index contributed by atoms with van der Waals surface area (Å²) in [5, 5.41) is 10.2. The Balaban J connectivity index is 1.95. The number of hydrogen-bond donors (Lipinski definition) is 2. The van der Waals surface area contributed by atoms with Crippen molar-refractivity contribution < 1.29 is 23.8 Å². The lowest BCUT2D eigenvalue weighted by atomic mass is 10.0. The maximum atomic E-state index is 12.7. The molecule has 0 fully saturated rings. The zero-order valence-electron chi connectivity index (χ0n) is 20.8. The van der Waals surface area contributed by atoms with Gasteiger partial charge in [0.15, 0.2) is 0 Å². The number of rotatable bonds is 11. The number of benzene rings is 3. The third-order valence-electron chi connectivity index (χ3n) is 4.88. The molecular weight excluding hydrogens is 470 g/mol. The van der Waals surface area contributed by atoms with Crippen LogP contribution in [0.15, 0.2) is 89.9 Å². The van der Waals surface area contributed by atoms with Gasteiger partial charge in [-0.3, -0.25) is 15.0 Å². The molecule has 0 spiro atoms. The van der Waals surface area contributed by atoms with E-state index in [9.17, 15) is 9.59 Å². The Morgan fingerprint density at radius 3 is 2.32 bits per heavy atom. The Morgan fingerprint density at radius 2 is 1.65 bits per heavy atom. The van der Waals surface area contributed by atoms with Crippen molar-refractivity contribution in [2.45, 2.75) is 20.5 Å². The Bertz CT molecular complexity index is 1270. The molecule has 1 amide bonds. The van der Waals surface area contributed by atoms with E-state index in [1.165, 1.54) is 12.3 Å². The molecule has 2 N–H and O–H groups in total. The number of amidine groups is 1. The van der Waals surface area contributed by atoms with Gasteiger partial charge in [-0.25, -0.2) is 4.99 Å².